The largest absolute Gasteiger partial charge is 0.478 e. The number of benzene rings is 2. The van der Waals surface area contributed by atoms with E-state index in [4.69, 9.17) is 9.52 Å². The van der Waals surface area contributed by atoms with Gasteiger partial charge in [0.2, 0.25) is 5.91 Å². The number of thioether (sulfide) groups is 1. The third-order valence-electron chi connectivity index (χ3n) is 5.32. The zero-order valence-corrected chi connectivity index (χ0v) is 18.7. The quantitative estimate of drug-likeness (QED) is 0.518. The van der Waals surface area contributed by atoms with Crippen molar-refractivity contribution in [1.29, 1.82) is 0 Å². The Morgan fingerprint density at radius 2 is 1.84 bits per heavy atom. The number of carbonyl (C=O) groups is 2. The lowest BCUT2D eigenvalue weighted by atomic mass is 10.00. The van der Waals surface area contributed by atoms with Gasteiger partial charge >= 0.3 is 5.97 Å². The molecule has 1 amide bonds. The third-order valence-corrected chi connectivity index (χ3v) is 6.50. The summed E-state index contributed by atoms with van der Waals surface area (Å²) in [7, 11) is 0. The molecule has 2 aromatic carbocycles. The number of rotatable bonds is 7. The maximum atomic E-state index is 13.3. The van der Waals surface area contributed by atoms with Crippen molar-refractivity contribution >= 4 is 34.5 Å². The van der Waals surface area contributed by atoms with Gasteiger partial charge in [0.25, 0.3) is 0 Å². The predicted octanol–water partition coefficient (Wildman–Crippen LogP) is 5.48. The summed E-state index contributed by atoms with van der Waals surface area (Å²) in [5.74, 6) is 0.134. The Morgan fingerprint density at radius 3 is 2.44 bits per heavy atom. The van der Waals surface area contributed by atoms with Crippen LogP contribution in [0, 0.1) is 0 Å². The molecule has 3 aromatic rings. The van der Waals surface area contributed by atoms with Gasteiger partial charge in [0.05, 0.1) is 29.3 Å². The van der Waals surface area contributed by atoms with Crippen molar-refractivity contribution in [2.24, 2.45) is 4.99 Å². The number of amides is 1. The number of carboxylic acids is 1. The Labute approximate surface area is 191 Å². The molecule has 1 fully saturated rings. The summed E-state index contributed by atoms with van der Waals surface area (Å²) in [6, 6.07) is 18.3. The van der Waals surface area contributed by atoms with E-state index in [1.807, 2.05) is 6.07 Å². The summed E-state index contributed by atoms with van der Waals surface area (Å²) >= 11 is 1.43. The van der Waals surface area contributed by atoms with Gasteiger partial charge in [-0.05, 0) is 59.9 Å². The van der Waals surface area contributed by atoms with Crippen molar-refractivity contribution < 1.29 is 19.1 Å². The zero-order valence-electron chi connectivity index (χ0n) is 17.9. The molecule has 0 saturated carbocycles. The molecule has 0 spiro atoms. The highest BCUT2D eigenvalue weighted by atomic mass is 32.2. The van der Waals surface area contributed by atoms with Gasteiger partial charge < -0.3 is 9.52 Å². The molecule has 7 heteroatoms. The molecule has 1 aliphatic rings. The van der Waals surface area contributed by atoms with Gasteiger partial charge in [0, 0.05) is 0 Å². The van der Waals surface area contributed by atoms with Crippen LogP contribution in [-0.2, 0) is 17.8 Å². The van der Waals surface area contributed by atoms with Crippen molar-refractivity contribution in [3.63, 3.8) is 0 Å². The smallest absolute Gasteiger partial charge is 0.335 e. The fourth-order valence-corrected chi connectivity index (χ4v) is 4.67. The van der Waals surface area contributed by atoms with Crippen molar-refractivity contribution in [1.82, 2.24) is 4.90 Å². The molecule has 4 rings (SSSR count). The average Bonchev–Trinajstić information content (AvgIpc) is 3.39. The Balaban J connectivity index is 1.58. The third kappa shape index (κ3) is 4.94. The molecule has 2 heterocycles. The van der Waals surface area contributed by atoms with E-state index in [9.17, 15) is 9.59 Å². The number of hydrogen-bond donors (Lipinski definition) is 1. The van der Waals surface area contributed by atoms with Gasteiger partial charge in [0.15, 0.2) is 5.17 Å². The summed E-state index contributed by atoms with van der Waals surface area (Å²) in [5.41, 5.74) is 3.16. The van der Waals surface area contributed by atoms with Crippen molar-refractivity contribution in [2.75, 3.05) is 0 Å². The molecule has 6 nitrogen and oxygen atoms in total. The van der Waals surface area contributed by atoms with Crippen LogP contribution in [0.3, 0.4) is 0 Å². The number of amidine groups is 1. The van der Waals surface area contributed by atoms with Gasteiger partial charge in [-0.1, -0.05) is 49.9 Å². The molecule has 1 saturated heterocycles. The minimum absolute atomic E-state index is 0.0137. The van der Waals surface area contributed by atoms with E-state index < -0.39 is 5.97 Å². The molecular weight excluding hydrogens is 424 g/mol. The van der Waals surface area contributed by atoms with Crippen LogP contribution in [0.4, 0.5) is 5.69 Å². The molecule has 32 heavy (non-hydrogen) atoms. The lowest BCUT2D eigenvalue weighted by molar-refractivity contribution is -0.126. The number of carbonyl (C=O) groups excluding carboxylic acids is 1. The SMILES string of the molecule is CC(C)c1ccc(CC2SC(=Nc3ccc(C(=O)O)cc3)N(Cc3ccco3)C2=O)cc1. The van der Waals surface area contributed by atoms with Crippen molar-refractivity contribution in [3.05, 3.63) is 89.4 Å². The molecule has 1 unspecified atom stereocenters. The average molecular weight is 449 g/mol. The molecule has 1 aromatic heterocycles. The van der Waals surface area contributed by atoms with E-state index in [0.717, 1.165) is 5.56 Å². The molecule has 0 radical (unpaired) electrons. The van der Waals surface area contributed by atoms with Gasteiger partial charge in [-0.3, -0.25) is 9.69 Å². The van der Waals surface area contributed by atoms with E-state index in [1.165, 1.54) is 29.5 Å². The monoisotopic (exact) mass is 448 g/mol. The second-order valence-corrected chi connectivity index (χ2v) is 9.13. The van der Waals surface area contributed by atoms with E-state index in [1.54, 1.807) is 29.4 Å². The van der Waals surface area contributed by atoms with Crippen LogP contribution in [0.2, 0.25) is 0 Å². The highest BCUT2D eigenvalue weighted by Crippen LogP contribution is 2.33. The first-order chi connectivity index (χ1) is 15.4. The van der Waals surface area contributed by atoms with E-state index in [2.05, 4.69) is 43.1 Å². The fraction of sp³-hybridized carbons (Fsp3) is 0.240. The molecule has 1 atom stereocenters. The highest BCUT2D eigenvalue weighted by molar-refractivity contribution is 8.15. The number of nitrogens with zero attached hydrogens (tertiary/aromatic N) is 2. The summed E-state index contributed by atoms with van der Waals surface area (Å²) in [4.78, 5) is 30.7. The van der Waals surface area contributed by atoms with Gasteiger partial charge in [-0.15, -0.1) is 0 Å². The number of aromatic carboxylic acids is 1. The minimum atomic E-state index is -0.988. The van der Waals surface area contributed by atoms with Crippen LogP contribution in [0.1, 0.15) is 47.0 Å². The first-order valence-electron chi connectivity index (χ1n) is 10.4. The molecule has 0 aliphatic carbocycles. The van der Waals surface area contributed by atoms with Crippen LogP contribution >= 0.6 is 11.8 Å². The van der Waals surface area contributed by atoms with Crippen molar-refractivity contribution in [3.8, 4) is 0 Å². The minimum Gasteiger partial charge on any atom is -0.478 e. The van der Waals surface area contributed by atoms with E-state index in [0.29, 0.717) is 35.5 Å². The predicted molar refractivity (Wildman–Crippen MR) is 125 cm³/mol. The number of hydrogen-bond acceptors (Lipinski definition) is 5. The van der Waals surface area contributed by atoms with Crippen molar-refractivity contribution in [2.45, 2.75) is 38.0 Å². The first-order valence-corrected chi connectivity index (χ1v) is 11.3. The van der Waals surface area contributed by atoms with Gasteiger partial charge in [-0.25, -0.2) is 9.79 Å². The van der Waals surface area contributed by atoms with Crippen LogP contribution in [0.5, 0.6) is 0 Å². The van der Waals surface area contributed by atoms with E-state index >= 15 is 0 Å². The Hall–Kier alpha value is -3.32. The lowest BCUT2D eigenvalue weighted by Crippen LogP contribution is -2.32. The fourth-order valence-electron chi connectivity index (χ4n) is 3.47. The molecule has 0 bridgehead atoms. The summed E-state index contributed by atoms with van der Waals surface area (Å²) in [6.07, 6.45) is 2.19. The van der Waals surface area contributed by atoms with Gasteiger partial charge in [-0.2, -0.15) is 0 Å². The Bertz CT molecular complexity index is 1120. The normalized spacial score (nSPS) is 17.5. The Morgan fingerprint density at radius 1 is 1.12 bits per heavy atom. The van der Waals surface area contributed by atoms with E-state index in [-0.39, 0.29) is 16.7 Å². The highest BCUT2D eigenvalue weighted by Gasteiger charge is 2.38. The summed E-state index contributed by atoms with van der Waals surface area (Å²) in [5, 5.41) is 9.40. The zero-order chi connectivity index (χ0) is 22.7. The molecule has 1 N–H and O–H groups in total. The van der Waals surface area contributed by atoms with Crippen LogP contribution in [-0.4, -0.2) is 32.3 Å². The van der Waals surface area contributed by atoms with Crippen LogP contribution in [0.15, 0.2) is 76.3 Å². The topological polar surface area (TPSA) is 83.1 Å². The standard InChI is InChI=1S/C25H24N2O4S/c1-16(2)18-7-5-17(6-8-18)14-22-23(28)27(15-21-4-3-13-31-21)25(32-22)26-20-11-9-19(10-12-20)24(29)30/h3-13,16,22H,14-15H2,1-2H3,(H,29,30). The Kier molecular flexibility index (Phi) is 6.46. The maximum absolute atomic E-state index is 13.3. The van der Waals surface area contributed by atoms with Gasteiger partial charge in [0.1, 0.15) is 5.76 Å². The summed E-state index contributed by atoms with van der Waals surface area (Å²) in [6.45, 7) is 4.61. The number of carboxylic acid groups (broad SMARTS) is 1. The first kappa shape index (κ1) is 21.9. The second-order valence-electron chi connectivity index (χ2n) is 7.96. The number of furan rings is 1. The van der Waals surface area contributed by atoms with Crippen LogP contribution < -0.4 is 0 Å². The van der Waals surface area contributed by atoms with Crippen LogP contribution in [0.25, 0.3) is 0 Å². The summed E-state index contributed by atoms with van der Waals surface area (Å²) < 4.78 is 5.45. The maximum Gasteiger partial charge on any atom is 0.335 e. The number of aliphatic imine (C=N–C) groups is 1. The molecular formula is C25H24N2O4S. The molecule has 1 aliphatic heterocycles. The molecule has 164 valence electrons. The lowest BCUT2D eigenvalue weighted by Gasteiger charge is -2.15. The second kappa shape index (κ2) is 9.44.